The number of para-hydroxylation sites is 1. The highest BCUT2D eigenvalue weighted by Gasteiger charge is 2.24. The van der Waals surface area contributed by atoms with Crippen molar-refractivity contribution in [1.82, 2.24) is 19.3 Å². The quantitative estimate of drug-likeness (QED) is 0.242. The number of ketones is 1. The normalized spacial score (nSPS) is 14.5. The van der Waals surface area contributed by atoms with E-state index in [1.165, 1.54) is 11.8 Å². The molecule has 0 bridgehead atoms. The predicted molar refractivity (Wildman–Crippen MR) is 136 cm³/mol. The molecule has 180 valence electrons. The largest absolute Gasteiger partial charge is 0.467 e. The van der Waals surface area contributed by atoms with Crippen molar-refractivity contribution in [1.29, 1.82) is 5.26 Å². The summed E-state index contributed by atoms with van der Waals surface area (Å²) in [6.07, 6.45) is 6.20. The Bertz CT molecular complexity index is 1340. The lowest BCUT2D eigenvalue weighted by Crippen LogP contribution is -2.35. The molecule has 0 atom stereocenters. The molecule has 3 aromatic heterocycles. The van der Waals surface area contributed by atoms with E-state index in [0.717, 1.165) is 54.5 Å². The van der Waals surface area contributed by atoms with Gasteiger partial charge in [-0.2, -0.15) is 5.26 Å². The molecule has 0 N–H and O–H groups in total. The number of piperidine rings is 1. The predicted octanol–water partition coefficient (Wildman–Crippen LogP) is 5.00. The molecule has 8 nitrogen and oxygen atoms in total. The van der Waals surface area contributed by atoms with Gasteiger partial charge in [-0.3, -0.25) is 9.36 Å². The number of hydrogen-bond donors (Lipinski definition) is 0. The number of aromatic nitrogens is 4. The molecule has 4 aromatic rings. The number of aryl methyl sites for hydroxylation is 1. The van der Waals surface area contributed by atoms with Crippen LogP contribution in [0.3, 0.4) is 0 Å². The lowest BCUT2D eigenvalue weighted by molar-refractivity contribution is 0.102. The number of nitrogens with zero attached hydrogens (tertiary/aromatic N) is 6. The molecule has 35 heavy (non-hydrogen) atoms. The lowest BCUT2D eigenvalue weighted by atomic mass is 10.00. The Labute approximate surface area is 208 Å². The fourth-order valence-corrected chi connectivity index (χ4v) is 5.38. The average Bonchev–Trinajstić information content (AvgIpc) is 3.62. The number of carbonyl (C=O) groups excluding carboxylic acids is 1. The Morgan fingerprint density at radius 1 is 1.20 bits per heavy atom. The van der Waals surface area contributed by atoms with Crippen molar-refractivity contribution < 1.29 is 9.21 Å². The molecule has 0 saturated carbocycles. The van der Waals surface area contributed by atoms with E-state index in [2.05, 4.69) is 32.7 Å². The Hall–Kier alpha value is -3.51. The maximum Gasteiger partial charge on any atom is 0.228 e. The number of rotatable bonds is 9. The minimum Gasteiger partial charge on any atom is -0.467 e. The zero-order chi connectivity index (χ0) is 24.2. The maximum atomic E-state index is 13.3. The Morgan fingerprint density at radius 3 is 2.80 bits per heavy atom. The Balaban J connectivity index is 1.38. The van der Waals surface area contributed by atoms with Gasteiger partial charge in [0, 0.05) is 42.3 Å². The van der Waals surface area contributed by atoms with Crippen molar-refractivity contribution in [2.45, 2.75) is 44.4 Å². The standard InChI is InChI=1S/C26H28N6O2S/c1-19-9-13-30(14-10-19)25-28-29-26(32(25)16-20-6-4-15-34-20)35-18-24(33)22-17-31(12-5-11-27)23-8-3-2-7-21(22)23/h2-4,6-8,15,17,19H,5,9-10,12-14,16,18H2,1H3. The minimum absolute atomic E-state index is 0.0304. The second-order valence-corrected chi connectivity index (χ2v) is 9.93. The number of furan rings is 1. The van der Waals surface area contributed by atoms with E-state index in [9.17, 15) is 4.79 Å². The third kappa shape index (κ3) is 4.98. The molecule has 1 fully saturated rings. The highest BCUT2D eigenvalue weighted by molar-refractivity contribution is 7.99. The van der Waals surface area contributed by atoms with Crippen molar-refractivity contribution in [2.75, 3.05) is 23.7 Å². The van der Waals surface area contributed by atoms with Gasteiger partial charge in [0.2, 0.25) is 5.95 Å². The molecule has 9 heteroatoms. The maximum absolute atomic E-state index is 13.3. The second kappa shape index (κ2) is 10.4. The van der Waals surface area contributed by atoms with E-state index in [1.807, 2.05) is 47.2 Å². The smallest absolute Gasteiger partial charge is 0.228 e. The van der Waals surface area contributed by atoms with Crippen LogP contribution in [0.4, 0.5) is 5.95 Å². The van der Waals surface area contributed by atoms with Crippen molar-refractivity contribution >= 4 is 34.4 Å². The molecule has 0 aliphatic carbocycles. The van der Waals surface area contributed by atoms with Crippen LogP contribution in [-0.4, -0.2) is 44.0 Å². The fourth-order valence-electron chi connectivity index (χ4n) is 4.56. The van der Waals surface area contributed by atoms with Crippen LogP contribution in [0.2, 0.25) is 0 Å². The molecule has 0 spiro atoms. The van der Waals surface area contributed by atoms with Gasteiger partial charge in [-0.1, -0.05) is 36.9 Å². The summed E-state index contributed by atoms with van der Waals surface area (Å²) < 4.78 is 9.65. The second-order valence-electron chi connectivity index (χ2n) is 8.99. The van der Waals surface area contributed by atoms with Gasteiger partial charge in [-0.15, -0.1) is 10.2 Å². The number of nitriles is 1. The van der Waals surface area contributed by atoms with Gasteiger partial charge in [-0.05, 0) is 37.0 Å². The average molecular weight is 489 g/mol. The third-order valence-corrected chi connectivity index (χ3v) is 7.51. The summed E-state index contributed by atoms with van der Waals surface area (Å²) in [5.74, 6) is 2.65. The van der Waals surface area contributed by atoms with E-state index < -0.39 is 0 Å². The third-order valence-electron chi connectivity index (χ3n) is 6.54. The molecular weight excluding hydrogens is 460 g/mol. The van der Waals surface area contributed by atoms with Crippen LogP contribution < -0.4 is 4.90 Å². The number of Topliss-reactive ketones (excluding diaryl/α,β-unsaturated/α-hetero) is 1. The number of anilines is 1. The van der Waals surface area contributed by atoms with Crippen molar-refractivity contribution in [2.24, 2.45) is 5.92 Å². The number of benzene rings is 1. The van der Waals surface area contributed by atoms with Gasteiger partial charge >= 0.3 is 0 Å². The summed E-state index contributed by atoms with van der Waals surface area (Å²) >= 11 is 1.40. The first kappa shape index (κ1) is 23.2. The molecular formula is C26H28N6O2S. The Morgan fingerprint density at radius 2 is 2.03 bits per heavy atom. The molecule has 0 amide bonds. The van der Waals surface area contributed by atoms with Crippen molar-refractivity contribution in [3.05, 3.63) is 60.2 Å². The Kier molecular flexibility index (Phi) is 6.91. The van der Waals surface area contributed by atoms with Crippen LogP contribution in [0.25, 0.3) is 10.9 Å². The number of hydrogen-bond acceptors (Lipinski definition) is 7. The first-order valence-corrected chi connectivity index (χ1v) is 12.9. The summed E-state index contributed by atoms with van der Waals surface area (Å²) in [5, 5.41) is 19.6. The van der Waals surface area contributed by atoms with Crippen molar-refractivity contribution in [3.8, 4) is 6.07 Å². The topological polar surface area (TPSA) is 92.9 Å². The van der Waals surface area contributed by atoms with Crippen LogP contribution in [-0.2, 0) is 13.1 Å². The number of thioether (sulfide) groups is 1. The molecule has 4 heterocycles. The first-order valence-electron chi connectivity index (χ1n) is 12.0. The molecule has 0 radical (unpaired) electrons. The fraction of sp³-hybridized carbons (Fsp3) is 0.385. The van der Waals surface area contributed by atoms with Crippen LogP contribution in [0.1, 0.15) is 42.3 Å². The summed E-state index contributed by atoms with van der Waals surface area (Å²) in [6, 6.07) is 13.8. The summed E-state index contributed by atoms with van der Waals surface area (Å²) in [4.78, 5) is 15.6. The van der Waals surface area contributed by atoms with E-state index in [-0.39, 0.29) is 11.5 Å². The summed E-state index contributed by atoms with van der Waals surface area (Å²) in [5.41, 5.74) is 1.65. The first-order chi connectivity index (χ1) is 17.1. The van der Waals surface area contributed by atoms with E-state index >= 15 is 0 Å². The monoisotopic (exact) mass is 488 g/mol. The van der Waals surface area contributed by atoms with Crippen LogP contribution in [0.15, 0.2) is 58.4 Å². The van der Waals surface area contributed by atoms with Gasteiger partial charge in [0.1, 0.15) is 5.76 Å². The zero-order valence-corrected chi connectivity index (χ0v) is 20.6. The minimum atomic E-state index is 0.0304. The highest BCUT2D eigenvalue weighted by Crippen LogP contribution is 2.29. The molecule has 1 aliphatic heterocycles. The number of carbonyl (C=O) groups is 1. The lowest BCUT2D eigenvalue weighted by Gasteiger charge is -2.31. The van der Waals surface area contributed by atoms with Crippen LogP contribution >= 0.6 is 11.8 Å². The summed E-state index contributed by atoms with van der Waals surface area (Å²) in [6.45, 7) is 5.26. The van der Waals surface area contributed by atoms with Gasteiger partial charge in [-0.25, -0.2) is 0 Å². The van der Waals surface area contributed by atoms with Crippen LogP contribution in [0, 0.1) is 17.2 Å². The van der Waals surface area contributed by atoms with Gasteiger partial charge in [0.25, 0.3) is 0 Å². The van der Waals surface area contributed by atoms with E-state index in [4.69, 9.17) is 9.68 Å². The molecule has 1 saturated heterocycles. The van der Waals surface area contributed by atoms with E-state index in [1.54, 1.807) is 6.26 Å². The zero-order valence-electron chi connectivity index (χ0n) is 19.8. The van der Waals surface area contributed by atoms with Crippen molar-refractivity contribution in [3.63, 3.8) is 0 Å². The SMILES string of the molecule is CC1CCN(c2nnc(SCC(=O)c3cn(CCC#N)c4ccccc34)n2Cc2ccco2)CC1. The van der Waals surface area contributed by atoms with Crippen LogP contribution in [0.5, 0.6) is 0 Å². The molecule has 1 aliphatic rings. The van der Waals surface area contributed by atoms with Gasteiger partial charge < -0.3 is 13.9 Å². The number of fused-ring (bicyclic) bond motifs is 1. The van der Waals surface area contributed by atoms with Gasteiger partial charge in [0.15, 0.2) is 10.9 Å². The molecule has 5 rings (SSSR count). The summed E-state index contributed by atoms with van der Waals surface area (Å²) in [7, 11) is 0. The highest BCUT2D eigenvalue weighted by atomic mass is 32.2. The molecule has 1 aromatic carbocycles. The van der Waals surface area contributed by atoms with Gasteiger partial charge in [0.05, 0.1) is 31.1 Å². The van der Waals surface area contributed by atoms with E-state index in [0.29, 0.717) is 30.2 Å². The molecule has 0 unspecified atom stereocenters.